The van der Waals surface area contributed by atoms with Crippen LogP contribution >= 0.6 is 27.5 Å². The minimum absolute atomic E-state index is 0.0362. The SMILES string of the molecule is CC(CC(=O)Nc1ccc(Br)cc1)=NNC(=O)C(=O)Nc1ccc(C)c(Cl)c1. The third-order valence-corrected chi connectivity index (χ3v) is 4.46. The summed E-state index contributed by atoms with van der Waals surface area (Å²) in [5.41, 5.74) is 4.35. The first-order chi connectivity index (χ1) is 13.2. The van der Waals surface area contributed by atoms with Gasteiger partial charge in [-0.05, 0) is 55.8 Å². The molecule has 146 valence electrons. The number of hydrogen-bond donors (Lipinski definition) is 3. The molecule has 2 aromatic rings. The van der Waals surface area contributed by atoms with Crippen LogP contribution in [0.25, 0.3) is 0 Å². The van der Waals surface area contributed by atoms with Crippen LogP contribution in [0, 0.1) is 6.92 Å². The molecule has 2 aromatic carbocycles. The lowest BCUT2D eigenvalue weighted by Crippen LogP contribution is -2.33. The summed E-state index contributed by atoms with van der Waals surface area (Å²) in [7, 11) is 0. The predicted molar refractivity (Wildman–Crippen MR) is 113 cm³/mol. The molecule has 28 heavy (non-hydrogen) atoms. The predicted octanol–water partition coefficient (Wildman–Crippen LogP) is 3.87. The Morgan fingerprint density at radius 2 is 1.64 bits per heavy atom. The van der Waals surface area contributed by atoms with Gasteiger partial charge in [-0.3, -0.25) is 14.4 Å². The van der Waals surface area contributed by atoms with E-state index in [9.17, 15) is 14.4 Å². The standard InChI is InChI=1S/C19H18BrClN4O3/c1-11-3-6-15(10-16(11)21)23-18(27)19(28)25-24-12(2)9-17(26)22-14-7-4-13(20)5-8-14/h3-8,10H,9H2,1-2H3,(H,22,26)(H,23,27)(H,25,28). The Morgan fingerprint density at radius 3 is 2.29 bits per heavy atom. The number of carbonyl (C=O) groups is 3. The Kier molecular flexibility index (Phi) is 7.71. The van der Waals surface area contributed by atoms with E-state index in [1.807, 2.05) is 6.92 Å². The van der Waals surface area contributed by atoms with E-state index < -0.39 is 11.8 Å². The van der Waals surface area contributed by atoms with E-state index in [4.69, 9.17) is 11.6 Å². The third-order valence-electron chi connectivity index (χ3n) is 3.53. The molecule has 0 radical (unpaired) electrons. The van der Waals surface area contributed by atoms with Crippen LogP contribution in [0.2, 0.25) is 5.02 Å². The van der Waals surface area contributed by atoms with Gasteiger partial charge < -0.3 is 10.6 Å². The van der Waals surface area contributed by atoms with Crippen molar-refractivity contribution in [3.63, 3.8) is 0 Å². The number of benzene rings is 2. The van der Waals surface area contributed by atoms with Crippen molar-refractivity contribution in [2.24, 2.45) is 5.10 Å². The van der Waals surface area contributed by atoms with Crippen molar-refractivity contribution in [3.05, 3.63) is 57.5 Å². The number of rotatable bonds is 5. The molecule has 0 spiro atoms. The van der Waals surface area contributed by atoms with Crippen LogP contribution in [0.1, 0.15) is 18.9 Å². The van der Waals surface area contributed by atoms with Crippen LogP contribution in [-0.4, -0.2) is 23.4 Å². The van der Waals surface area contributed by atoms with Gasteiger partial charge in [0.05, 0.1) is 6.42 Å². The van der Waals surface area contributed by atoms with Crippen LogP contribution in [0.15, 0.2) is 52.0 Å². The maximum Gasteiger partial charge on any atom is 0.329 e. The molecule has 0 aromatic heterocycles. The van der Waals surface area contributed by atoms with Crippen molar-refractivity contribution in [1.82, 2.24) is 5.43 Å². The Labute approximate surface area is 175 Å². The molecule has 0 bridgehead atoms. The maximum absolute atomic E-state index is 12.0. The van der Waals surface area contributed by atoms with Gasteiger partial charge in [0.25, 0.3) is 0 Å². The summed E-state index contributed by atoms with van der Waals surface area (Å²) >= 11 is 9.29. The van der Waals surface area contributed by atoms with Crippen LogP contribution < -0.4 is 16.1 Å². The van der Waals surface area contributed by atoms with E-state index in [2.05, 4.69) is 37.1 Å². The van der Waals surface area contributed by atoms with Gasteiger partial charge in [-0.15, -0.1) is 0 Å². The first-order valence-electron chi connectivity index (χ1n) is 8.20. The molecule has 0 aliphatic rings. The van der Waals surface area contributed by atoms with Gasteiger partial charge in [0.2, 0.25) is 5.91 Å². The van der Waals surface area contributed by atoms with Gasteiger partial charge in [0.1, 0.15) is 0 Å². The Morgan fingerprint density at radius 1 is 1.00 bits per heavy atom. The number of anilines is 2. The summed E-state index contributed by atoms with van der Waals surface area (Å²) in [6, 6.07) is 12.0. The molecule has 0 heterocycles. The first-order valence-corrected chi connectivity index (χ1v) is 9.38. The number of amides is 3. The molecule has 0 fully saturated rings. The molecule has 0 aliphatic carbocycles. The van der Waals surface area contributed by atoms with E-state index in [0.29, 0.717) is 22.1 Å². The highest BCUT2D eigenvalue weighted by Gasteiger charge is 2.14. The number of carbonyl (C=O) groups excluding carboxylic acids is 3. The van der Waals surface area contributed by atoms with E-state index >= 15 is 0 Å². The maximum atomic E-state index is 12.0. The molecule has 0 unspecified atom stereocenters. The molecule has 0 atom stereocenters. The first kappa shape index (κ1) is 21.6. The molecular formula is C19H18BrClN4O3. The number of hydrogen-bond acceptors (Lipinski definition) is 4. The average molecular weight is 466 g/mol. The highest BCUT2D eigenvalue weighted by Crippen LogP contribution is 2.19. The Balaban J connectivity index is 1.84. The number of nitrogens with zero attached hydrogens (tertiary/aromatic N) is 1. The quantitative estimate of drug-likeness (QED) is 0.355. The second-order valence-electron chi connectivity index (χ2n) is 5.94. The van der Waals surface area contributed by atoms with Crippen molar-refractivity contribution in [2.45, 2.75) is 20.3 Å². The molecule has 3 N–H and O–H groups in total. The molecule has 0 saturated heterocycles. The Bertz CT molecular complexity index is 929. The number of nitrogens with one attached hydrogen (secondary N) is 3. The van der Waals surface area contributed by atoms with E-state index in [0.717, 1.165) is 10.0 Å². The number of halogens is 2. The second-order valence-corrected chi connectivity index (χ2v) is 7.26. The minimum atomic E-state index is -0.954. The van der Waals surface area contributed by atoms with E-state index in [1.165, 1.54) is 0 Å². The summed E-state index contributed by atoms with van der Waals surface area (Å²) in [5, 5.41) is 9.38. The summed E-state index contributed by atoms with van der Waals surface area (Å²) in [5.74, 6) is -2.14. The number of hydrazone groups is 1. The van der Waals surface area contributed by atoms with Gasteiger partial charge in [-0.25, -0.2) is 5.43 Å². The number of aryl methyl sites for hydroxylation is 1. The smallest absolute Gasteiger partial charge is 0.326 e. The molecule has 2 rings (SSSR count). The van der Waals surface area contributed by atoms with Crippen molar-refractivity contribution in [3.8, 4) is 0 Å². The van der Waals surface area contributed by atoms with Crippen molar-refractivity contribution < 1.29 is 14.4 Å². The zero-order valence-corrected chi connectivity index (χ0v) is 17.5. The van der Waals surface area contributed by atoms with Gasteiger partial charge in [0, 0.05) is 26.6 Å². The molecular weight excluding hydrogens is 448 g/mol. The van der Waals surface area contributed by atoms with E-state index in [-0.39, 0.29) is 12.3 Å². The monoisotopic (exact) mass is 464 g/mol. The average Bonchev–Trinajstić information content (AvgIpc) is 2.64. The molecule has 0 saturated carbocycles. The topological polar surface area (TPSA) is 99.7 Å². The van der Waals surface area contributed by atoms with Gasteiger partial charge in [-0.2, -0.15) is 5.10 Å². The van der Waals surface area contributed by atoms with Gasteiger partial charge >= 0.3 is 11.8 Å². The zero-order chi connectivity index (χ0) is 20.7. The van der Waals surface area contributed by atoms with Crippen LogP contribution in [0.3, 0.4) is 0 Å². The van der Waals surface area contributed by atoms with Crippen LogP contribution in [-0.2, 0) is 14.4 Å². The summed E-state index contributed by atoms with van der Waals surface area (Å²) in [4.78, 5) is 35.7. The highest BCUT2D eigenvalue weighted by atomic mass is 79.9. The molecule has 0 aliphatic heterocycles. The van der Waals surface area contributed by atoms with Crippen molar-refractivity contribution in [1.29, 1.82) is 0 Å². The fourth-order valence-corrected chi connectivity index (χ4v) is 2.51. The minimum Gasteiger partial charge on any atom is -0.326 e. The fourth-order valence-electron chi connectivity index (χ4n) is 2.07. The molecule has 3 amide bonds. The van der Waals surface area contributed by atoms with Crippen LogP contribution in [0.4, 0.5) is 11.4 Å². The van der Waals surface area contributed by atoms with Crippen molar-refractivity contribution >= 4 is 62.3 Å². The summed E-state index contributed by atoms with van der Waals surface area (Å²) < 4.78 is 0.900. The highest BCUT2D eigenvalue weighted by molar-refractivity contribution is 9.10. The normalized spacial score (nSPS) is 10.9. The lowest BCUT2D eigenvalue weighted by molar-refractivity contribution is -0.136. The lowest BCUT2D eigenvalue weighted by atomic mass is 10.2. The lowest BCUT2D eigenvalue weighted by Gasteiger charge is -2.07. The fraction of sp³-hybridized carbons (Fsp3) is 0.158. The molecule has 7 nitrogen and oxygen atoms in total. The zero-order valence-electron chi connectivity index (χ0n) is 15.2. The van der Waals surface area contributed by atoms with Crippen LogP contribution in [0.5, 0.6) is 0 Å². The molecule has 9 heteroatoms. The van der Waals surface area contributed by atoms with E-state index in [1.54, 1.807) is 49.4 Å². The Hall–Kier alpha value is -2.71. The van der Waals surface area contributed by atoms with Crippen molar-refractivity contribution in [2.75, 3.05) is 10.6 Å². The summed E-state index contributed by atoms with van der Waals surface area (Å²) in [6.45, 7) is 3.39. The second kappa shape index (κ2) is 10.0. The largest absolute Gasteiger partial charge is 0.329 e. The third kappa shape index (κ3) is 6.79. The summed E-state index contributed by atoms with van der Waals surface area (Å²) in [6.07, 6.45) is -0.0362. The van der Waals surface area contributed by atoms with Gasteiger partial charge in [0.15, 0.2) is 0 Å². The van der Waals surface area contributed by atoms with Gasteiger partial charge in [-0.1, -0.05) is 33.6 Å².